The number of nitrogens with zero attached hydrogens (tertiary/aromatic N) is 1. The molecule has 0 amide bonds. The van der Waals surface area contributed by atoms with Crippen molar-refractivity contribution >= 4 is 17.8 Å². The summed E-state index contributed by atoms with van der Waals surface area (Å²) in [5.74, 6) is -0.169. The van der Waals surface area contributed by atoms with Crippen LogP contribution < -0.4 is 0 Å². The molecule has 4 heteroatoms. The Balaban J connectivity index is 0.000000224. The number of benzene rings is 2. The van der Waals surface area contributed by atoms with Crippen LogP contribution in [0.25, 0.3) is 0 Å². The lowest BCUT2D eigenvalue weighted by Gasteiger charge is -1.94. The van der Waals surface area contributed by atoms with Gasteiger partial charge in [0, 0.05) is 11.1 Å². The average molecular weight is 297 g/mol. The van der Waals surface area contributed by atoms with Gasteiger partial charge in [0.2, 0.25) is 5.78 Å². The summed E-state index contributed by atoms with van der Waals surface area (Å²) in [6.45, 7) is 5.52. The quantitative estimate of drug-likeness (QED) is 0.405. The Kier molecular flexibility index (Phi) is 6.70. The van der Waals surface area contributed by atoms with Gasteiger partial charge >= 0.3 is 0 Å². The lowest BCUT2D eigenvalue weighted by molar-refractivity contribution is 0.101. The van der Waals surface area contributed by atoms with E-state index in [1.165, 1.54) is 5.56 Å². The molecule has 114 valence electrons. The van der Waals surface area contributed by atoms with Gasteiger partial charge in [-0.05, 0) is 20.8 Å². The van der Waals surface area contributed by atoms with Crippen LogP contribution in [0, 0.1) is 13.8 Å². The molecule has 0 atom stereocenters. The molecule has 0 spiro atoms. The van der Waals surface area contributed by atoms with Crippen molar-refractivity contribution in [1.82, 2.24) is 0 Å². The van der Waals surface area contributed by atoms with Crippen molar-refractivity contribution in [2.75, 3.05) is 0 Å². The van der Waals surface area contributed by atoms with E-state index in [1.807, 2.05) is 50.2 Å². The Labute approximate surface area is 130 Å². The van der Waals surface area contributed by atoms with Crippen LogP contribution in [-0.2, 0) is 0 Å². The van der Waals surface area contributed by atoms with Gasteiger partial charge in [0.1, 0.15) is 6.21 Å². The third-order valence-corrected chi connectivity index (χ3v) is 2.97. The summed E-state index contributed by atoms with van der Waals surface area (Å²) >= 11 is 0. The largest absolute Gasteiger partial charge is 0.411 e. The monoisotopic (exact) mass is 297 g/mol. The normalized spacial score (nSPS) is 9.95. The van der Waals surface area contributed by atoms with Gasteiger partial charge in [-0.3, -0.25) is 9.59 Å². The topological polar surface area (TPSA) is 66.7 Å². The fourth-order valence-electron chi connectivity index (χ4n) is 1.63. The Morgan fingerprint density at radius 1 is 0.864 bits per heavy atom. The maximum atomic E-state index is 11.0. The highest BCUT2D eigenvalue weighted by Crippen LogP contribution is 2.03. The standard InChI is InChI=1S/C9H9NO2.C9H10O/c1-7-2-4-8(5-3-7)9(11)6-10-12;1-7-3-5-9(6-4-7)8(2)10/h2-6,12H,1H3;3-6H,1-2H3. The highest BCUT2D eigenvalue weighted by atomic mass is 16.4. The van der Waals surface area contributed by atoms with E-state index < -0.39 is 0 Å². The average Bonchev–Trinajstić information content (AvgIpc) is 2.49. The third-order valence-electron chi connectivity index (χ3n) is 2.97. The molecule has 0 unspecified atom stereocenters. The van der Waals surface area contributed by atoms with Crippen LogP contribution in [0.3, 0.4) is 0 Å². The number of hydrogen-bond acceptors (Lipinski definition) is 4. The first-order valence-corrected chi connectivity index (χ1v) is 6.80. The summed E-state index contributed by atoms with van der Waals surface area (Å²) < 4.78 is 0. The summed E-state index contributed by atoms with van der Waals surface area (Å²) in [7, 11) is 0. The molecule has 4 nitrogen and oxygen atoms in total. The highest BCUT2D eigenvalue weighted by molar-refractivity contribution is 6.35. The van der Waals surface area contributed by atoms with Crippen LogP contribution in [0.15, 0.2) is 53.7 Å². The van der Waals surface area contributed by atoms with Gasteiger partial charge in [-0.1, -0.05) is 64.8 Å². The number of ketones is 2. The van der Waals surface area contributed by atoms with Crippen LogP contribution in [0.4, 0.5) is 0 Å². The Morgan fingerprint density at radius 3 is 1.64 bits per heavy atom. The van der Waals surface area contributed by atoms with E-state index in [0.717, 1.165) is 17.3 Å². The molecule has 0 aromatic heterocycles. The predicted octanol–water partition coefficient (Wildman–Crippen LogP) is 3.84. The van der Waals surface area contributed by atoms with Crippen LogP contribution in [0.2, 0.25) is 0 Å². The predicted molar refractivity (Wildman–Crippen MR) is 87.0 cm³/mol. The lowest BCUT2D eigenvalue weighted by Crippen LogP contribution is -1.99. The zero-order chi connectivity index (χ0) is 16.5. The second-order valence-electron chi connectivity index (χ2n) is 4.90. The molecule has 2 rings (SSSR count). The molecule has 0 aliphatic carbocycles. The maximum absolute atomic E-state index is 11.0. The van der Waals surface area contributed by atoms with Gasteiger partial charge in [0.25, 0.3) is 0 Å². The molecule has 0 radical (unpaired) electrons. The third kappa shape index (κ3) is 5.71. The molecular weight excluding hydrogens is 278 g/mol. The Hall–Kier alpha value is -2.75. The Bertz CT molecular complexity index is 656. The number of carbonyl (C=O) groups is 2. The van der Waals surface area contributed by atoms with E-state index in [4.69, 9.17) is 5.21 Å². The zero-order valence-corrected chi connectivity index (χ0v) is 12.9. The maximum Gasteiger partial charge on any atom is 0.207 e. The lowest BCUT2D eigenvalue weighted by atomic mass is 10.1. The smallest absolute Gasteiger partial charge is 0.207 e. The van der Waals surface area contributed by atoms with E-state index in [9.17, 15) is 9.59 Å². The van der Waals surface area contributed by atoms with Crippen LogP contribution >= 0.6 is 0 Å². The fourth-order valence-corrected chi connectivity index (χ4v) is 1.63. The summed E-state index contributed by atoms with van der Waals surface area (Å²) in [4.78, 5) is 21.8. The molecule has 2 aromatic rings. The SMILES string of the molecule is CC(=O)c1ccc(C)cc1.Cc1ccc(C(=O)C=NO)cc1. The van der Waals surface area contributed by atoms with Gasteiger partial charge in [-0.25, -0.2) is 0 Å². The van der Waals surface area contributed by atoms with Gasteiger partial charge in [-0.15, -0.1) is 0 Å². The van der Waals surface area contributed by atoms with Crippen LogP contribution in [-0.4, -0.2) is 23.0 Å². The van der Waals surface area contributed by atoms with Crippen molar-refractivity contribution in [1.29, 1.82) is 0 Å². The number of hydrogen-bond donors (Lipinski definition) is 1. The number of Topliss-reactive ketones (excluding diaryl/α,β-unsaturated/α-hetero) is 2. The van der Waals surface area contributed by atoms with Gasteiger partial charge in [-0.2, -0.15) is 0 Å². The number of oxime groups is 1. The first-order chi connectivity index (χ1) is 10.4. The molecule has 2 aromatic carbocycles. The Morgan fingerprint density at radius 2 is 1.27 bits per heavy atom. The van der Waals surface area contributed by atoms with Gasteiger partial charge < -0.3 is 5.21 Å². The molecule has 0 bridgehead atoms. The molecular formula is C18H19NO3. The van der Waals surface area contributed by atoms with E-state index in [1.54, 1.807) is 19.1 Å². The van der Waals surface area contributed by atoms with Gasteiger partial charge in [0.05, 0.1) is 0 Å². The van der Waals surface area contributed by atoms with Crippen molar-refractivity contribution in [2.45, 2.75) is 20.8 Å². The molecule has 1 N–H and O–H groups in total. The number of carbonyl (C=O) groups excluding carboxylic acids is 2. The van der Waals surface area contributed by atoms with E-state index in [2.05, 4.69) is 5.16 Å². The molecule has 0 saturated heterocycles. The first kappa shape index (κ1) is 17.3. The van der Waals surface area contributed by atoms with Crippen molar-refractivity contribution in [2.24, 2.45) is 5.16 Å². The molecule has 0 aliphatic heterocycles. The minimum Gasteiger partial charge on any atom is -0.411 e. The zero-order valence-electron chi connectivity index (χ0n) is 12.9. The van der Waals surface area contributed by atoms with Crippen molar-refractivity contribution in [3.05, 3.63) is 70.8 Å². The van der Waals surface area contributed by atoms with Crippen molar-refractivity contribution < 1.29 is 14.8 Å². The van der Waals surface area contributed by atoms with E-state index in [-0.39, 0.29) is 11.6 Å². The number of aryl methyl sites for hydroxylation is 2. The van der Waals surface area contributed by atoms with Crippen molar-refractivity contribution in [3.8, 4) is 0 Å². The summed E-state index contributed by atoms with van der Waals surface area (Å²) in [5.41, 5.74) is 3.58. The van der Waals surface area contributed by atoms with Crippen molar-refractivity contribution in [3.63, 3.8) is 0 Å². The first-order valence-electron chi connectivity index (χ1n) is 6.80. The van der Waals surface area contributed by atoms with E-state index >= 15 is 0 Å². The van der Waals surface area contributed by atoms with Crippen LogP contribution in [0.1, 0.15) is 38.8 Å². The second kappa shape index (κ2) is 8.52. The fraction of sp³-hybridized carbons (Fsp3) is 0.167. The molecule has 22 heavy (non-hydrogen) atoms. The minimum absolute atomic E-state index is 0.125. The molecule has 0 heterocycles. The second-order valence-corrected chi connectivity index (χ2v) is 4.90. The summed E-state index contributed by atoms with van der Waals surface area (Å²) in [6.07, 6.45) is 0.880. The molecule has 0 saturated carbocycles. The summed E-state index contributed by atoms with van der Waals surface area (Å²) in [5, 5.41) is 10.8. The summed E-state index contributed by atoms with van der Waals surface area (Å²) in [6, 6.07) is 14.6. The minimum atomic E-state index is -0.294. The molecule has 0 fully saturated rings. The number of rotatable bonds is 3. The van der Waals surface area contributed by atoms with E-state index in [0.29, 0.717) is 5.56 Å². The van der Waals surface area contributed by atoms with Gasteiger partial charge in [0.15, 0.2) is 5.78 Å². The highest BCUT2D eigenvalue weighted by Gasteiger charge is 2.00. The molecule has 0 aliphatic rings. The van der Waals surface area contributed by atoms with Crippen LogP contribution in [0.5, 0.6) is 0 Å².